The minimum absolute atomic E-state index is 0.0217. The maximum atomic E-state index is 5.99. The average molecular weight is 225 g/mol. The summed E-state index contributed by atoms with van der Waals surface area (Å²) in [6.07, 6.45) is 6.48. The first-order chi connectivity index (χ1) is 7.61. The number of nitrogens with one attached hydrogen (secondary N) is 1. The van der Waals surface area contributed by atoms with E-state index >= 15 is 0 Å². The molecule has 1 saturated heterocycles. The van der Waals surface area contributed by atoms with E-state index in [1.165, 1.54) is 0 Å². The lowest BCUT2D eigenvalue weighted by atomic mass is 9.88. The maximum absolute atomic E-state index is 5.99. The molecule has 0 amide bonds. The molecular weight excluding hydrogens is 202 g/mol. The van der Waals surface area contributed by atoms with Crippen molar-refractivity contribution in [3.63, 3.8) is 0 Å². The van der Waals surface area contributed by atoms with Crippen molar-refractivity contribution < 1.29 is 9.47 Å². The van der Waals surface area contributed by atoms with Crippen molar-refractivity contribution in [3.05, 3.63) is 11.6 Å². The molecule has 3 heteroatoms. The molecule has 0 atom stereocenters. The number of rotatable bonds is 1. The molecule has 92 valence electrons. The third-order valence-electron chi connectivity index (χ3n) is 3.97. The monoisotopic (exact) mass is 225 g/mol. The highest BCUT2D eigenvalue weighted by molar-refractivity contribution is 5.06. The lowest BCUT2D eigenvalue weighted by Crippen LogP contribution is -2.58. The zero-order chi connectivity index (χ0) is 11.6. The van der Waals surface area contributed by atoms with Crippen LogP contribution in [0.25, 0.3) is 0 Å². The van der Waals surface area contributed by atoms with Gasteiger partial charge in [-0.2, -0.15) is 0 Å². The van der Waals surface area contributed by atoms with E-state index in [1.807, 2.05) is 7.05 Å². The van der Waals surface area contributed by atoms with Crippen molar-refractivity contribution in [2.45, 2.75) is 50.9 Å². The van der Waals surface area contributed by atoms with Crippen LogP contribution in [0.4, 0.5) is 0 Å². The Kier molecular flexibility index (Phi) is 3.38. The second kappa shape index (κ2) is 4.47. The molecule has 0 radical (unpaired) electrons. The van der Waals surface area contributed by atoms with E-state index in [1.54, 1.807) is 5.57 Å². The fraction of sp³-hybridized carbons (Fsp3) is 0.846. The van der Waals surface area contributed by atoms with E-state index in [0.717, 1.165) is 38.9 Å². The Hall–Kier alpha value is -0.380. The molecular formula is C13H23NO2. The van der Waals surface area contributed by atoms with Crippen LogP contribution in [0.15, 0.2) is 11.6 Å². The summed E-state index contributed by atoms with van der Waals surface area (Å²) >= 11 is 0. The van der Waals surface area contributed by atoms with Crippen molar-refractivity contribution >= 4 is 0 Å². The number of likely N-dealkylation sites (N-methyl/N-ethyl adjacent to an activating group) is 1. The summed E-state index contributed by atoms with van der Waals surface area (Å²) < 4.78 is 12.0. The van der Waals surface area contributed by atoms with E-state index in [2.05, 4.69) is 25.2 Å². The average Bonchev–Trinajstić information content (AvgIpc) is 2.35. The Balaban J connectivity index is 1.93. The fourth-order valence-corrected chi connectivity index (χ4v) is 2.34. The van der Waals surface area contributed by atoms with Crippen LogP contribution in [0.3, 0.4) is 0 Å². The van der Waals surface area contributed by atoms with Crippen LogP contribution < -0.4 is 5.32 Å². The largest absolute Gasteiger partial charge is 0.348 e. The molecule has 0 aromatic heterocycles. The molecule has 2 rings (SSSR count). The Morgan fingerprint density at radius 1 is 1.19 bits per heavy atom. The van der Waals surface area contributed by atoms with Crippen LogP contribution in [0.2, 0.25) is 0 Å². The van der Waals surface area contributed by atoms with Crippen LogP contribution in [0.5, 0.6) is 0 Å². The molecule has 0 bridgehead atoms. The third kappa shape index (κ3) is 2.31. The second-order valence-corrected chi connectivity index (χ2v) is 5.25. The van der Waals surface area contributed by atoms with E-state index in [0.29, 0.717) is 0 Å². The summed E-state index contributed by atoms with van der Waals surface area (Å²) in [7, 11) is 1.96. The molecule has 1 heterocycles. The topological polar surface area (TPSA) is 30.5 Å². The number of allylic oxidation sites excluding steroid dienone is 2. The van der Waals surface area contributed by atoms with E-state index < -0.39 is 0 Å². The van der Waals surface area contributed by atoms with Gasteiger partial charge in [-0.1, -0.05) is 11.6 Å². The highest BCUT2D eigenvalue weighted by Gasteiger charge is 2.43. The molecule has 1 saturated carbocycles. The highest BCUT2D eigenvalue weighted by atomic mass is 16.7. The van der Waals surface area contributed by atoms with Crippen LogP contribution >= 0.6 is 0 Å². The van der Waals surface area contributed by atoms with Gasteiger partial charge in [0.25, 0.3) is 0 Å². The lowest BCUT2D eigenvalue weighted by molar-refractivity contribution is -0.297. The van der Waals surface area contributed by atoms with Gasteiger partial charge in [0.1, 0.15) is 0 Å². The SMILES string of the molecule is CC=C1CCC2(CC1)OCC(C)(NC)CO2. The van der Waals surface area contributed by atoms with Crippen LogP contribution in [-0.4, -0.2) is 31.6 Å². The van der Waals surface area contributed by atoms with Gasteiger partial charge >= 0.3 is 0 Å². The van der Waals surface area contributed by atoms with Gasteiger partial charge in [0.05, 0.1) is 18.8 Å². The molecule has 1 aliphatic heterocycles. The standard InChI is InChI=1S/C13H23NO2/c1-4-11-5-7-13(8-6-11)15-9-12(2,14-3)10-16-13/h4,14H,5-10H2,1-3H3. The molecule has 16 heavy (non-hydrogen) atoms. The van der Waals surface area contributed by atoms with Crippen LogP contribution in [0, 0.1) is 0 Å². The Morgan fingerprint density at radius 2 is 1.75 bits per heavy atom. The molecule has 3 nitrogen and oxygen atoms in total. The highest BCUT2D eigenvalue weighted by Crippen LogP contribution is 2.38. The molecule has 0 unspecified atom stereocenters. The Labute approximate surface area is 98.2 Å². The molecule has 1 aliphatic carbocycles. The zero-order valence-corrected chi connectivity index (χ0v) is 10.6. The van der Waals surface area contributed by atoms with Gasteiger partial charge in [-0.25, -0.2) is 0 Å². The fourth-order valence-electron chi connectivity index (χ4n) is 2.34. The maximum Gasteiger partial charge on any atom is 0.169 e. The molecule has 0 aromatic carbocycles. The van der Waals surface area contributed by atoms with Gasteiger partial charge in [0.15, 0.2) is 5.79 Å². The van der Waals surface area contributed by atoms with Crippen molar-refractivity contribution in [2.24, 2.45) is 0 Å². The van der Waals surface area contributed by atoms with Gasteiger partial charge < -0.3 is 14.8 Å². The Morgan fingerprint density at radius 3 is 2.19 bits per heavy atom. The minimum atomic E-state index is -0.289. The van der Waals surface area contributed by atoms with Crippen molar-refractivity contribution in [3.8, 4) is 0 Å². The predicted octanol–water partition coefficient (Wildman–Crippen LogP) is 2.23. The lowest BCUT2D eigenvalue weighted by Gasteiger charge is -2.46. The first-order valence-electron chi connectivity index (χ1n) is 6.22. The van der Waals surface area contributed by atoms with E-state index in [9.17, 15) is 0 Å². The normalized spacial score (nSPS) is 40.1. The second-order valence-electron chi connectivity index (χ2n) is 5.25. The van der Waals surface area contributed by atoms with Crippen molar-refractivity contribution in [2.75, 3.05) is 20.3 Å². The van der Waals surface area contributed by atoms with Crippen molar-refractivity contribution in [1.29, 1.82) is 0 Å². The summed E-state index contributed by atoms with van der Waals surface area (Å²) in [6, 6.07) is 0. The molecule has 1 spiro atoms. The summed E-state index contributed by atoms with van der Waals surface area (Å²) in [4.78, 5) is 0. The number of hydrogen-bond acceptors (Lipinski definition) is 3. The predicted molar refractivity (Wildman–Crippen MR) is 64.3 cm³/mol. The number of ether oxygens (including phenoxy) is 2. The van der Waals surface area contributed by atoms with Gasteiger partial charge in [0, 0.05) is 12.8 Å². The van der Waals surface area contributed by atoms with Gasteiger partial charge in [-0.05, 0) is 33.7 Å². The van der Waals surface area contributed by atoms with Gasteiger partial charge in [-0.3, -0.25) is 0 Å². The van der Waals surface area contributed by atoms with Gasteiger partial charge in [-0.15, -0.1) is 0 Å². The molecule has 2 aliphatic rings. The first kappa shape index (κ1) is 12.1. The molecule has 2 fully saturated rings. The van der Waals surface area contributed by atoms with Crippen LogP contribution in [0.1, 0.15) is 39.5 Å². The smallest absolute Gasteiger partial charge is 0.169 e. The quantitative estimate of drug-likeness (QED) is 0.694. The van der Waals surface area contributed by atoms with E-state index in [4.69, 9.17) is 9.47 Å². The van der Waals surface area contributed by atoms with E-state index in [-0.39, 0.29) is 11.3 Å². The van der Waals surface area contributed by atoms with Crippen molar-refractivity contribution in [1.82, 2.24) is 5.32 Å². The first-order valence-corrected chi connectivity index (χ1v) is 6.22. The summed E-state index contributed by atoms with van der Waals surface area (Å²) in [5.41, 5.74) is 1.52. The van der Waals surface area contributed by atoms with Crippen LogP contribution in [-0.2, 0) is 9.47 Å². The molecule has 0 aromatic rings. The summed E-state index contributed by atoms with van der Waals surface area (Å²) in [6.45, 7) is 5.75. The summed E-state index contributed by atoms with van der Waals surface area (Å²) in [5, 5.41) is 3.26. The Bertz CT molecular complexity index is 266. The third-order valence-corrected chi connectivity index (χ3v) is 3.97. The molecule has 1 N–H and O–H groups in total. The number of hydrogen-bond donors (Lipinski definition) is 1. The summed E-state index contributed by atoms with van der Waals surface area (Å²) in [5.74, 6) is -0.289. The van der Waals surface area contributed by atoms with Gasteiger partial charge in [0.2, 0.25) is 0 Å². The minimum Gasteiger partial charge on any atom is -0.348 e. The zero-order valence-electron chi connectivity index (χ0n) is 10.6.